The zero-order valence-corrected chi connectivity index (χ0v) is 10.3. The summed E-state index contributed by atoms with van der Waals surface area (Å²) >= 11 is 0. The second-order valence-corrected chi connectivity index (χ2v) is 4.51. The number of likely N-dealkylation sites (tertiary alicyclic amines) is 1. The van der Waals surface area contributed by atoms with E-state index in [0.29, 0.717) is 6.04 Å². The molecule has 4 nitrogen and oxygen atoms in total. The highest BCUT2D eigenvalue weighted by atomic mass is 15.3. The molecular formula is C12H22N4. The fraction of sp³-hybridized carbons (Fsp3) is 0.750. The van der Waals surface area contributed by atoms with E-state index in [4.69, 9.17) is 5.73 Å². The van der Waals surface area contributed by atoms with Gasteiger partial charge in [0.2, 0.25) is 0 Å². The first kappa shape index (κ1) is 11.6. The van der Waals surface area contributed by atoms with Gasteiger partial charge in [-0.2, -0.15) is 5.10 Å². The number of piperidine rings is 1. The summed E-state index contributed by atoms with van der Waals surface area (Å²) < 4.78 is 1.98. The van der Waals surface area contributed by atoms with Crippen LogP contribution in [0.3, 0.4) is 0 Å². The lowest BCUT2D eigenvalue weighted by atomic mass is 9.93. The van der Waals surface area contributed by atoms with Crippen LogP contribution in [0.4, 0.5) is 0 Å². The van der Waals surface area contributed by atoms with Crippen LogP contribution in [0.2, 0.25) is 0 Å². The van der Waals surface area contributed by atoms with Crippen LogP contribution in [0.15, 0.2) is 12.4 Å². The molecule has 2 heterocycles. The molecule has 0 spiro atoms. The molecule has 1 aromatic heterocycles. The topological polar surface area (TPSA) is 47.1 Å². The Morgan fingerprint density at radius 3 is 2.88 bits per heavy atom. The van der Waals surface area contributed by atoms with Gasteiger partial charge in [-0.05, 0) is 32.9 Å². The summed E-state index contributed by atoms with van der Waals surface area (Å²) in [6.07, 6.45) is 6.45. The third-order valence-corrected chi connectivity index (χ3v) is 3.51. The highest BCUT2D eigenvalue weighted by molar-refractivity contribution is 5.14. The molecule has 0 amide bonds. The first-order valence-electron chi connectivity index (χ1n) is 6.28. The van der Waals surface area contributed by atoms with Crippen LogP contribution >= 0.6 is 0 Å². The maximum absolute atomic E-state index is 6.25. The van der Waals surface area contributed by atoms with Crippen LogP contribution in [0.5, 0.6) is 0 Å². The Morgan fingerprint density at radius 1 is 1.44 bits per heavy atom. The number of nitrogens with two attached hydrogens (primary N) is 1. The predicted molar refractivity (Wildman–Crippen MR) is 65.1 cm³/mol. The third-order valence-electron chi connectivity index (χ3n) is 3.51. The van der Waals surface area contributed by atoms with Gasteiger partial charge in [-0.3, -0.25) is 9.58 Å². The van der Waals surface area contributed by atoms with Crippen molar-refractivity contribution >= 4 is 0 Å². The van der Waals surface area contributed by atoms with Gasteiger partial charge in [-0.15, -0.1) is 0 Å². The number of aromatic nitrogens is 2. The highest BCUT2D eigenvalue weighted by Crippen LogP contribution is 2.29. The molecule has 1 aromatic rings. The molecule has 0 radical (unpaired) electrons. The molecule has 2 rings (SSSR count). The van der Waals surface area contributed by atoms with Crippen molar-refractivity contribution in [1.82, 2.24) is 14.7 Å². The summed E-state index contributed by atoms with van der Waals surface area (Å²) in [6, 6.07) is 0.613. The lowest BCUT2D eigenvalue weighted by molar-refractivity contribution is 0.136. The molecule has 0 aliphatic carbocycles. The SMILES string of the molecule is CCN1CCCC(N)C1c1cnn(CC)c1. The first-order valence-corrected chi connectivity index (χ1v) is 6.28. The van der Waals surface area contributed by atoms with Crippen molar-refractivity contribution in [3.63, 3.8) is 0 Å². The maximum atomic E-state index is 6.25. The van der Waals surface area contributed by atoms with Crippen molar-refractivity contribution in [3.8, 4) is 0 Å². The van der Waals surface area contributed by atoms with E-state index < -0.39 is 0 Å². The summed E-state index contributed by atoms with van der Waals surface area (Å²) in [7, 11) is 0. The molecule has 1 fully saturated rings. The minimum atomic E-state index is 0.253. The molecule has 1 aliphatic heterocycles. The van der Waals surface area contributed by atoms with Gasteiger partial charge in [0.15, 0.2) is 0 Å². The van der Waals surface area contributed by atoms with E-state index in [9.17, 15) is 0 Å². The van der Waals surface area contributed by atoms with Gasteiger partial charge in [-0.25, -0.2) is 0 Å². The van der Waals surface area contributed by atoms with Crippen molar-refractivity contribution in [2.45, 2.75) is 45.3 Å². The molecular weight excluding hydrogens is 200 g/mol. The van der Waals surface area contributed by atoms with E-state index in [1.807, 2.05) is 10.9 Å². The maximum Gasteiger partial charge on any atom is 0.0538 e. The van der Waals surface area contributed by atoms with Gasteiger partial charge >= 0.3 is 0 Å². The van der Waals surface area contributed by atoms with Gasteiger partial charge in [-0.1, -0.05) is 6.92 Å². The van der Waals surface area contributed by atoms with E-state index in [1.54, 1.807) is 0 Å². The van der Waals surface area contributed by atoms with E-state index in [-0.39, 0.29) is 6.04 Å². The average Bonchev–Trinajstić information content (AvgIpc) is 2.76. The second kappa shape index (κ2) is 4.97. The van der Waals surface area contributed by atoms with Gasteiger partial charge in [0.25, 0.3) is 0 Å². The second-order valence-electron chi connectivity index (χ2n) is 4.51. The number of aryl methyl sites for hydroxylation is 1. The van der Waals surface area contributed by atoms with E-state index >= 15 is 0 Å². The molecule has 0 bridgehead atoms. The number of rotatable bonds is 3. The van der Waals surface area contributed by atoms with E-state index in [0.717, 1.165) is 26.1 Å². The summed E-state index contributed by atoms with van der Waals surface area (Å²) in [5.41, 5.74) is 7.52. The molecule has 90 valence electrons. The summed E-state index contributed by atoms with van der Waals surface area (Å²) in [4.78, 5) is 2.46. The van der Waals surface area contributed by atoms with Gasteiger partial charge < -0.3 is 5.73 Å². The lowest BCUT2D eigenvalue weighted by Gasteiger charge is -2.38. The largest absolute Gasteiger partial charge is 0.326 e. The highest BCUT2D eigenvalue weighted by Gasteiger charge is 2.30. The molecule has 2 unspecified atom stereocenters. The molecule has 4 heteroatoms. The van der Waals surface area contributed by atoms with Gasteiger partial charge in [0, 0.05) is 24.3 Å². The summed E-state index contributed by atoms with van der Waals surface area (Å²) in [5, 5.41) is 4.35. The number of hydrogen-bond donors (Lipinski definition) is 1. The van der Waals surface area contributed by atoms with Crippen LogP contribution in [0.25, 0.3) is 0 Å². The van der Waals surface area contributed by atoms with Crippen LogP contribution in [-0.2, 0) is 6.54 Å². The number of likely N-dealkylation sites (N-methyl/N-ethyl adjacent to an activating group) is 1. The minimum absolute atomic E-state index is 0.253. The molecule has 1 aliphatic rings. The molecule has 1 saturated heterocycles. The summed E-state index contributed by atoms with van der Waals surface area (Å²) in [5.74, 6) is 0. The summed E-state index contributed by atoms with van der Waals surface area (Å²) in [6.45, 7) is 7.46. The van der Waals surface area contributed by atoms with Gasteiger partial charge in [0.05, 0.1) is 12.2 Å². The number of nitrogens with zero attached hydrogens (tertiary/aromatic N) is 3. The Kier molecular flexibility index (Phi) is 3.61. The monoisotopic (exact) mass is 222 g/mol. The Bertz CT molecular complexity index is 334. The Hall–Kier alpha value is -0.870. The zero-order chi connectivity index (χ0) is 11.5. The van der Waals surface area contributed by atoms with Crippen LogP contribution in [0.1, 0.15) is 38.3 Å². The fourth-order valence-electron chi connectivity index (χ4n) is 2.62. The Balaban J connectivity index is 2.20. The van der Waals surface area contributed by atoms with Crippen LogP contribution in [-0.4, -0.2) is 33.8 Å². The average molecular weight is 222 g/mol. The number of hydrogen-bond acceptors (Lipinski definition) is 3. The molecule has 16 heavy (non-hydrogen) atoms. The Morgan fingerprint density at radius 2 is 2.25 bits per heavy atom. The first-order chi connectivity index (χ1) is 7.76. The van der Waals surface area contributed by atoms with Crippen molar-refractivity contribution < 1.29 is 0 Å². The molecule has 0 saturated carbocycles. The van der Waals surface area contributed by atoms with Crippen molar-refractivity contribution in [3.05, 3.63) is 18.0 Å². The quantitative estimate of drug-likeness (QED) is 0.840. The molecule has 0 aromatic carbocycles. The van der Waals surface area contributed by atoms with Crippen molar-refractivity contribution in [2.75, 3.05) is 13.1 Å². The fourth-order valence-corrected chi connectivity index (χ4v) is 2.62. The molecule has 2 atom stereocenters. The predicted octanol–water partition coefficient (Wildman–Crippen LogP) is 1.39. The van der Waals surface area contributed by atoms with Crippen LogP contribution < -0.4 is 5.73 Å². The van der Waals surface area contributed by atoms with Crippen molar-refractivity contribution in [2.24, 2.45) is 5.73 Å². The minimum Gasteiger partial charge on any atom is -0.326 e. The smallest absolute Gasteiger partial charge is 0.0538 e. The normalized spacial score (nSPS) is 27.2. The molecule has 2 N–H and O–H groups in total. The lowest BCUT2D eigenvalue weighted by Crippen LogP contribution is -2.45. The standard InChI is InChI=1S/C12H22N4/c1-3-15-7-5-6-11(13)12(15)10-8-14-16(4-2)9-10/h8-9,11-12H,3-7,13H2,1-2H3. The van der Waals surface area contributed by atoms with E-state index in [1.165, 1.54) is 12.0 Å². The van der Waals surface area contributed by atoms with Gasteiger partial charge in [0.1, 0.15) is 0 Å². The Labute approximate surface area is 97.4 Å². The van der Waals surface area contributed by atoms with Crippen LogP contribution in [0, 0.1) is 0 Å². The van der Waals surface area contributed by atoms with E-state index in [2.05, 4.69) is 30.0 Å². The third kappa shape index (κ3) is 2.13. The zero-order valence-electron chi connectivity index (χ0n) is 10.3. The van der Waals surface area contributed by atoms with Crippen molar-refractivity contribution in [1.29, 1.82) is 0 Å².